The third kappa shape index (κ3) is 4.23. The van der Waals surface area contributed by atoms with E-state index in [-0.39, 0.29) is 17.4 Å². The topological polar surface area (TPSA) is 159 Å². The fourth-order valence-electron chi connectivity index (χ4n) is 4.57. The van der Waals surface area contributed by atoms with Gasteiger partial charge in [-0.15, -0.1) is 5.10 Å². The number of ether oxygens (including phenoxy) is 1. The van der Waals surface area contributed by atoms with Gasteiger partial charge in [-0.1, -0.05) is 11.6 Å². The number of pyridine rings is 2. The number of fused-ring (bicyclic) bond motifs is 1. The SMILES string of the molecule is NC(=O)Oc1ccc(-c2cnc([C@@H]3CCc4cc(-c5cc(Cl)ccc5-n5cnnn5)cc(=O)n43)[nH]2)nc1. The number of halogens is 1. The summed E-state index contributed by atoms with van der Waals surface area (Å²) in [4.78, 5) is 36.3. The molecular weight excluding hydrogens is 498 g/mol. The van der Waals surface area contributed by atoms with E-state index in [1.807, 2.05) is 12.1 Å². The molecule has 0 bridgehead atoms. The molecule has 0 saturated carbocycles. The first-order valence-electron chi connectivity index (χ1n) is 11.2. The maximum atomic E-state index is 13.4. The number of H-pyrrole nitrogens is 1. The van der Waals surface area contributed by atoms with E-state index in [0.717, 1.165) is 16.8 Å². The Hall–Kier alpha value is -4.84. The van der Waals surface area contributed by atoms with Crippen LogP contribution in [0.1, 0.15) is 24.0 Å². The van der Waals surface area contributed by atoms with Gasteiger partial charge in [0.05, 0.1) is 35.5 Å². The average molecular weight is 516 g/mol. The summed E-state index contributed by atoms with van der Waals surface area (Å²) in [7, 11) is 0. The van der Waals surface area contributed by atoms with Gasteiger partial charge < -0.3 is 20.0 Å². The van der Waals surface area contributed by atoms with Crippen LogP contribution in [0, 0.1) is 0 Å². The molecule has 3 N–H and O–H groups in total. The van der Waals surface area contributed by atoms with E-state index in [9.17, 15) is 9.59 Å². The molecule has 0 fully saturated rings. The Morgan fingerprint density at radius 3 is 2.78 bits per heavy atom. The minimum Gasteiger partial charge on any atom is -0.409 e. The van der Waals surface area contributed by atoms with Crippen LogP contribution in [-0.2, 0) is 6.42 Å². The van der Waals surface area contributed by atoms with Crippen molar-refractivity contribution in [3.63, 3.8) is 0 Å². The number of carbonyl (C=O) groups is 1. The second-order valence-electron chi connectivity index (χ2n) is 8.40. The van der Waals surface area contributed by atoms with E-state index in [4.69, 9.17) is 22.1 Å². The minimum atomic E-state index is -0.908. The number of hydrogen-bond acceptors (Lipinski definition) is 8. The van der Waals surface area contributed by atoms with Gasteiger partial charge in [0, 0.05) is 22.3 Å². The second-order valence-corrected chi connectivity index (χ2v) is 8.83. The number of primary amides is 1. The maximum absolute atomic E-state index is 13.4. The van der Waals surface area contributed by atoms with E-state index < -0.39 is 6.09 Å². The van der Waals surface area contributed by atoms with Crippen LogP contribution in [-0.4, -0.2) is 45.8 Å². The zero-order valence-corrected chi connectivity index (χ0v) is 19.8. The summed E-state index contributed by atoms with van der Waals surface area (Å²) in [6.45, 7) is 0. The van der Waals surface area contributed by atoms with E-state index in [1.54, 1.807) is 41.1 Å². The smallest absolute Gasteiger partial charge is 0.409 e. The lowest BCUT2D eigenvalue weighted by molar-refractivity contribution is 0.210. The molecule has 5 heterocycles. The molecule has 0 spiro atoms. The summed E-state index contributed by atoms with van der Waals surface area (Å²) in [6.07, 6.45) is 5.05. The number of aromatic amines is 1. The Labute approximate surface area is 213 Å². The minimum absolute atomic E-state index is 0.151. The quantitative estimate of drug-likeness (QED) is 0.361. The number of tetrazole rings is 1. The third-order valence-electron chi connectivity index (χ3n) is 6.14. The molecule has 13 heteroatoms. The second kappa shape index (κ2) is 8.99. The van der Waals surface area contributed by atoms with Gasteiger partial charge in [0.2, 0.25) is 0 Å². The molecule has 0 unspecified atom stereocenters. The number of carbonyl (C=O) groups excluding carboxylic acids is 1. The lowest BCUT2D eigenvalue weighted by Gasteiger charge is -2.15. The number of imidazole rings is 1. The molecule has 4 aromatic heterocycles. The van der Waals surface area contributed by atoms with Crippen molar-refractivity contribution in [2.75, 3.05) is 0 Å². The Bertz CT molecular complexity index is 1680. The van der Waals surface area contributed by atoms with Gasteiger partial charge in [-0.2, -0.15) is 4.68 Å². The summed E-state index contributed by atoms with van der Waals surface area (Å²) in [5, 5.41) is 11.9. The molecular formula is C24H18ClN9O3. The van der Waals surface area contributed by atoms with E-state index in [0.29, 0.717) is 40.8 Å². The number of hydrogen-bond donors (Lipinski definition) is 2. The largest absolute Gasteiger partial charge is 0.410 e. The Morgan fingerprint density at radius 1 is 1.14 bits per heavy atom. The van der Waals surface area contributed by atoms with Crippen molar-refractivity contribution >= 4 is 17.7 Å². The first kappa shape index (κ1) is 22.6. The summed E-state index contributed by atoms with van der Waals surface area (Å²) >= 11 is 6.28. The number of nitrogens with two attached hydrogens (primary N) is 1. The van der Waals surface area contributed by atoms with Crippen LogP contribution < -0.4 is 16.0 Å². The highest BCUT2D eigenvalue weighted by molar-refractivity contribution is 6.31. The lowest BCUT2D eigenvalue weighted by atomic mass is 10.0. The third-order valence-corrected chi connectivity index (χ3v) is 6.38. The van der Waals surface area contributed by atoms with Crippen LogP contribution in [0.2, 0.25) is 5.02 Å². The number of nitrogens with zero attached hydrogens (tertiary/aromatic N) is 7. The van der Waals surface area contributed by atoms with Gasteiger partial charge in [0.15, 0.2) is 5.75 Å². The lowest BCUT2D eigenvalue weighted by Crippen LogP contribution is -2.23. The number of aryl methyl sites for hydroxylation is 1. The molecule has 12 nitrogen and oxygen atoms in total. The van der Waals surface area contributed by atoms with Gasteiger partial charge in [0.25, 0.3) is 5.56 Å². The van der Waals surface area contributed by atoms with E-state index in [2.05, 4.69) is 30.5 Å². The van der Waals surface area contributed by atoms with Gasteiger partial charge >= 0.3 is 6.09 Å². The molecule has 0 radical (unpaired) electrons. The fraction of sp³-hybridized carbons (Fsp3) is 0.125. The molecule has 5 aromatic rings. The first-order chi connectivity index (χ1) is 18.0. The van der Waals surface area contributed by atoms with E-state index in [1.165, 1.54) is 17.2 Å². The van der Waals surface area contributed by atoms with Crippen LogP contribution in [0.4, 0.5) is 4.79 Å². The Morgan fingerprint density at radius 2 is 2.03 bits per heavy atom. The Kier molecular flexibility index (Phi) is 5.49. The van der Waals surface area contributed by atoms with Crippen LogP contribution in [0.15, 0.2) is 66.0 Å². The van der Waals surface area contributed by atoms with Crippen molar-refractivity contribution in [2.24, 2.45) is 5.73 Å². The molecule has 1 aliphatic rings. The zero-order valence-electron chi connectivity index (χ0n) is 19.1. The molecule has 1 aliphatic heterocycles. The normalized spacial score (nSPS) is 14.5. The maximum Gasteiger partial charge on any atom is 0.410 e. The summed E-state index contributed by atoms with van der Waals surface area (Å²) in [6, 6.07) is 12.0. The number of rotatable bonds is 5. The molecule has 1 amide bonds. The van der Waals surface area contributed by atoms with Gasteiger partial charge in [0.1, 0.15) is 12.2 Å². The highest BCUT2D eigenvalue weighted by Crippen LogP contribution is 2.34. The van der Waals surface area contributed by atoms with Crippen molar-refractivity contribution in [2.45, 2.75) is 18.9 Å². The number of nitrogens with one attached hydrogen (secondary N) is 1. The monoisotopic (exact) mass is 515 g/mol. The molecule has 0 saturated heterocycles. The van der Waals surface area contributed by atoms with Crippen molar-refractivity contribution in [1.29, 1.82) is 0 Å². The van der Waals surface area contributed by atoms with Gasteiger partial charge in [-0.3, -0.25) is 9.78 Å². The summed E-state index contributed by atoms with van der Waals surface area (Å²) < 4.78 is 8.10. The van der Waals surface area contributed by atoms with Crippen molar-refractivity contribution in [1.82, 2.24) is 39.7 Å². The zero-order chi connectivity index (χ0) is 25.5. The highest BCUT2D eigenvalue weighted by atomic mass is 35.5. The van der Waals surface area contributed by atoms with Crippen molar-refractivity contribution in [3.05, 3.63) is 88.1 Å². The predicted molar refractivity (Wildman–Crippen MR) is 132 cm³/mol. The molecule has 37 heavy (non-hydrogen) atoms. The molecule has 1 atom stereocenters. The fourth-order valence-corrected chi connectivity index (χ4v) is 4.74. The highest BCUT2D eigenvalue weighted by Gasteiger charge is 2.28. The molecule has 184 valence electrons. The van der Waals surface area contributed by atoms with Crippen molar-refractivity contribution in [3.8, 4) is 34.0 Å². The van der Waals surface area contributed by atoms with Crippen LogP contribution in [0.5, 0.6) is 5.75 Å². The Balaban J connectivity index is 1.32. The van der Waals surface area contributed by atoms with Crippen molar-refractivity contribution < 1.29 is 9.53 Å². The predicted octanol–water partition coefficient (Wildman–Crippen LogP) is 2.92. The molecule has 1 aromatic carbocycles. The number of amides is 1. The molecule has 6 rings (SSSR count). The van der Waals surface area contributed by atoms with Gasteiger partial charge in [-0.25, -0.2) is 9.78 Å². The standard InChI is InChI=1S/C24H18ClN9O3/c25-14-1-5-20(33-12-29-31-32-33)17(9-14)13-7-15-2-6-21(34(15)22(35)8-13)23-28-11-19(30-23)18-4-3-16(10-27-18)37-24(26)36/h1,3-5,7-12,21H,2,6H2,(H2,26,36)(H,28,30)/t21-/m0/s1. The van der Waals surface area contributed by atoms with E-state index >= 15 is 0 Å². The van der Waals surface area contributed by atoms with Crippen LogP contribution in [0.3, 0.4) is 0 Å². The first-order valence-corrected chi connectivity index (χ1v) is 11.6. The summed E-state index contributed by atoms with van der Waals surface area (Å²) in [5.41, 5.74) is 9.23. The van der Waals surface area contributed by atoms with Gasteiger partial charge in [-0.05, 0) is 65.2 Å². The number of aromatic nitrogens is 8. The average Bonchev–Trinajstić information content (AvgIpc) is 3.65. The summed E-state index contributed by atoms with van der Waals surface area (Å²) in [5.74, 6) is 0.894. The molecule has 0 aliphatic carbocycles. The van der Waals surface area contributed by atoms with Crippen LogP contribution >= 0.6 is 11.6 Å². The van der Waals surface area contributed by atoms with Crippen LogP contribution in [0.25, 0.3) is 28.2 Å². The number of benzene rings is 1.